The standard InChI is InChI=1S/C25H25NO/c1-3-9-18-15-19-10-5-6-11-20(19)22(16-18)25(27)23-17-26(14-4-2)24-13-8-7-12-21(23)24/h5-8,10-13,15-17H,3-4,9,14H2,1-2H3. The molecule has 3 aromatic carbocycles. The summed E-state index contributed by atoms with van der Waals surface area (Å²) in [7, 11) is 0. The maximum absolute atomic E-state index is 13.6. The Morgan fingerprint density at radius 1 is 0.852 bits per heavy atom. The van der Waals surface area contributed by atoms with Crippen molar-refractivity contribution in [2.45, 2.75) is 39.7 Å². The Morgan fingerprint density at radius 2 is 1.59 bits per heavy atom. The van der Waals surface area contributed by atoms with E-state index in [1.165, 1.54) is 5.56 Å². The number of rotatable bonds is 6. The third kappa shape index (κ3) is 3.16. The topological polar surface area (TPSA) is 22.0 Å². The minimum Gasteiger partial charge on any atom is -0.347 e. The van der Waals surface area contributed by atoms with E-state index in [9.17, 15) is 4.79 Å². The van der Waals surface area contributed by atoms with Crippen molar-refractivity contribution in [1.29, 1.82) is 0 Å². The van der Waals surface area contributed by atoms with Crippen LogP contribution in [0.15, 0.2) is 66.9 Å². The van der Waals surface area contributed by atoms with Gasteiger partial charge in [0, 0.05) is 34.8 Å². The molecule has 0 saturated heterocycles. The van der Waals surface area contributed by atoms with E-state index in [0.29, 0.717) is 0 Å². The Morgan fingerprint density at radius 3 is 2.37 bits per heavy atom. The van der Waals surface area contributed by atoms with Gasteiger partial charge >= 0.3 is 0 Å². The summed E-state index contributed by atoms with van der Waals surface area (Å²) in [5.74, 6) is 0.121. The molecule has 0 N–H and O–H groups in total. The second-order valence-corrected chi connectivity index (χ2v) is 7.20. The summed E-state index contributed by atoms with van der Waals surface area (Å²) in [5, 5.41) is 3.22. The van der Waals surface area contributed by atoms with Gasteiger partial charge in [-0.3, -0.25) is 4.79 Å². The maximum Gasteiger partial charge on any atom is 0.195 e. The van der Waals surface area contributed by atoms with Gasteiger partial charge in [0.2, 0.25) is 0 Å². The molecule has 4 aromatic rings. The number of carbonyl (C=O) groups excluding carboxylic acids is 1. The normalized spacial score (nSPS) is 11.3. The van der Waals surface area contributed by atoms with Crippen LogP contribution in [0.5, 0.6) is 0 Å². The van der Waals surface area contributed by atoms with Crippen molar-refractivity contribution in [1.82, 2.24) is 4.57 Å². The zero-order chi connectivity index (χ0) is 18.8. The van der Waals surface area contributed by atoms with Crippen molar-refractivity contribution >= 4 is 27.5 Å². The number of fused-ring (bicyclic) bond motifs is 2. The van der Waals surface area contributed by atoms with Crippen LogP contribution in [-0.4, -0.2) is 10.4 Å². The Hall–Kier alpha value is -2.87. The van der Waals surface area contributed by atoms with Gasteiger partial charge in [0.1, 0.15) is 0 Å². The first-order valence-electron chi connectivity index (χ1n) is 9.87. The van der Waals surface area contributed by atoms with Gasteiger partial charge in [0.15, 0.2) is 5.78 Å². The van der Waals surface area contributed by atoms with Crippen molar-refractivity contribution in [3.05, 3.63) is 83.6 Å². The minimum atomic E-state index is 0.121. The van der Waals surface area contributed by atoms with E-state index in [2.05, 4.69) is 54.8 Å². The smallest absolute Gasteiger partial charge is 0.195 e. The fraction of sp³-hybridized carbons (Fsp3) is 0.240. The van der Waals surface area contributed by atoms with E-state index in [1.54, 1.807) is 0 Å². The molecule has 0 aliphatic heterocycles. The van der Waals surface area contributed by atoms with Gasteiger partial charge < -0.3 is 4.57 Å². The molecule has 1 heterocycles. The quantitative estimate of drug-likeness (QED) is 0.367. The molecule has 2 heteroatoms. The number of hydrogen-bond donors (Lipinski definition) is 0. The molecule has 0 radical (unpaired) electrons. The molecule has 27 heavy (non-hydrogen) atoms. The number of ketones is 1. The van der Waals surface area contributed by atoms with Crippen LogP contribution in [-0.2, 0) is 13.0 Å². The highest BCUT2D eigenvalue weighted by Gasteiger charge is 2.19. The van der Waals surface area contributed by atoms with Crippen LogP contribution in [0.2, 0.25) is 0 Å². The number of aromatic nitrogens is 1. The second-order valence-electron chi connectivity index (χ2n) is 7.20. The predicted molar refractivity (Wildman–Crippen MR) is 114 cm³/mol. The third-order valence-corrected chi connectivity index (χ3v) is 5.20. The highest BCUT2D eigenvalue weighted by atomic mass is 16.1. The predicted octanol–water partition coefficient (Wildman–Crippen LogP) is 6.39. The molecule has 1 aromatic heterocycles. The van der Waals surface area contributed by atoms with Gasteiger partial charge in [-0.15, -0.1) is 0 Å². The van der Waals surface area contributed by atoms with Crippen LogP contribution in [0, 0.1) is 0 Å². The van der Waals surface area contributed by atoms with Crippen molar-refractivity contribution in [3.8, 4) is 0 Å². The molecule has 0 saturated carbocycles. The summed E-state index contributed by atoms with van der Waals surface area (Å²) in [6.07, 6.45) is 5.14. The van der Waals surface area contributed by atoms with Crippen molar-refractivity contribution in [2.75, 3.05) is 0 Å². The van der Waals surface area contributed by atoms with Gasteiger partial charge in [-0.2, -0.15) is 0 Å². The fourth-order valence-electron chi connectivity index (χ4n) is 3.99. The molecule has 0 unspecified atom stereocenters. The highest BCUT2D eigenvalue weighted by molar-refractivity contribution is 6.21. The lowest BCUT2D eigenvalue weighted by molar-refractivity contribution is 0.104. The summed E-state index contributed by atoms with van der Waals surface area (Å²) in [6, 6.07) is 20.8. The average Bonchev–Trinajstić information content (AvgIpc) is 3.06. The molecule has 2 nitrogen and oxygen atoms in total. The number of nitrogens with zero attached hydrogens (tertiary/aromatic N) is 1. The first-order valence-corrected chi connectivity index (χ1v) is 9.87. The minimum absolute atomic E-state index is 0.121. The van der Waals surface area contributed by atoms with E-state index in [4.69, 9.17) is 0 Å². The van der Waals surface area contributed by atoms with Crippen LogP contribution in [0.4, 0.5) is 0 Å². The van der Waals surface area contributed by atoms with Gasteiger partial charge in [-0.1, -0.05) is 68.8 Å². The molecule has 0 fully saturated rings. The van der Waals surface area contributed by atoms with E-state index in [-0.39, 0.29) is 5.78 Å². The average molecular weight is 355 g/mol. The van der Waals surface area contributed by atoms with Gasteiger partial charge in [-0.05, 0) is 41.3 Å². The van der Waals surface area contributed by atoms with Crippen LogP contribution in [0.3, 0.4) is 0 Å². The van der Waals surface area contributed by atoms with Crippen LogP contribution >= 0.6 is 0 Å². The van der Waals surface area contributed by atoms with Gasteiger partial charge in [0.05, 0.1) is 0 Å². The highest BCUT2D eigenvalue weighted by Crippen LogP contribution is 2.29. The molecule has 0 spiro atoms. The summed E-state index contributed by atoms with van der Waals surface area (Å²) in [6.45, 7) is 5.26. The second kappa shape index (κ2) is 7.40. The lowest BCUT2D eigenvalue weighted by atomic mass is 9.93. The number of hydrogen-bond acceptors (Lipinski definition) is 1. The summed E-state index contributed by atoms with van der Waals surface area (Å²) < 4.78 is 2.21. The Kier molecular flexibility index (Phi) is 4.81. The summed E-state index contributed by atoms with van der Waals surface area (Å²) in [4.78, 5) is 13.6. The SMILES string of the molecule is CCCc1cc(C(=O)c2cn(CCC)c3ccccc23)c2ccccc2c1. The molecule has 0 amide bonds. The van der Waals surface area contributed by atoms with E-state index in [0.717, 1.165) is 58.6 Å². The lowest BCUT2D eigenvalue weighted by Gasteiger charge is -2.09. The summed E-state index contributed by atoms with van der Waals surface area (Å²) >= 11 is 0. The van der Waals surface area contributed by atoms with Crippen LogP contribution < -0.4 is 0 Å². The van der Waals surface area contributed by atoms with E-state index >= 15 is 0 Å². The van der Waals surface area contributed by atoms with Crippen LogP contribution in [0.1, 0.15) is 48.2 Å². The van der Waals surface area contributed by atoms with Crippen LogP contribution in [0.25, 0.3) is 21.7 Å². The zero-order valence-corrected chi connectivity index (χ0v) is 16.0. The monoisotopic (exact) mass is 355 g/mol. The summed E-state index contributed by atoms with van der Waals surface area (Å²) in [5.41, 5.74) is 3.99. The van der Waals surface area contributed by atoms with E-state index < -0.39 is 0 Å². The van der Waals surface area contributed by atoms with E-state index in [1.807, 2.05) is 30.5 Å². The van der Waals surface area contributed by atoms with Gasteiger partial charge in [0.25, 0.3) is 0 Å². The first-order chi connectivity index (χ1) is 13.2. The first kappa shape index (κ1) is 17.5. The number of aryl methyl sites for hydroxylation is 2. The number of carbonyl (C=O) groups is 1. The lowest BCUT2D eigenvalue weighted by Crippen LogP contribution is -2.03. The number of benzene rings is 3. The molecule has 136 valence electrons. The molecular formula is C25H25NO. The Balaban J connectivity index is 1.92. The largest absolute Gasteiger partial charge is 0.347 e. The number of para-hydroxylation sites is 1. The molecular weight excluding hydrogens is 330 g/mol. The molecule has 0 bridgehead atoms. The zero-order valence-electron chi connectivity index (χ0n) is 16.0. The van der Waals surface area contributed by atoms with Crippen molar-refractivity contribution in [2.24, 2.45) is 0 Å². The Bertz CT molecular complexity index is 1120. The van der Waals surface area contributed by atoms with Crippen molar-refractivity contribution in [3.63, 3.8) is 0 Å². The molecule has 4 rings (SSSR count). The fourth-order valence-corrected chi connectivity index (χ4v) is 3.99. The third-order valence-electron chi connectivity index (χ3n) is 5.20. The molecule has 0 aliphatic rings. The Labute approximate surface area is 160 Å². The van der Waals surface area contributed by atoms with Gasteiger partial charge in [-0.25, -0.2) is 0 Å². The van der Waals surface area contributed by atoms with Crippen molar-refractivity contribution < 1.29 is 4.79 Å². The molecule has 0 atom stereocenters. The maximum atomic E-state index is 13.6. The molecule has 0 aliphatic carbocycles.